The second kappa shape index (κ2) is 6.74. The molecule has 0 unspecified atom stereocenters. The van der Waals surface area contributed by atoms with E-state index in [0.717, 1.165) is 0 Å². The lowest BCUT2D eigenvalue weighted by Crippen LogP contribution is -2.29. The summed E-state index contributed by atoms with van der Waals surface area (Å²) in [5.74, 6) is -1.15. The van der Waals surface area contributed by atoms with Crippen molar-refractivity contribution < 1.29 is 17.9 Å². The Kier molecular flexibility index (Phi) is 6.43. The van der Waals surface area contributed by atoms with Gasteiger partial charge in [0.2, 0.25) is 5.91 Å². The first-order chi connectivity index (χ1) is 6.52. The minimum Gasteiger partial charge on any atom is -0.379 e. The van der Waals surface area contributed by atoms with Crippen LogP contribution >= 0.6 is 0 Å². The number of ether oxygens (including phenoxy) is 1. The maximum Gasteiger partial charge on any atom is 0.234 e. The minimum absolute atomic E-state index is 0.0799. The van der Waals surface area contributed by atoms with Gasteiger partial charge in [-0.3, -0.25) is 4.79 Å². The van der Waals surface area contributed by atoms with Gasteiger partial charge in [-0.25, -0.2) is 8.42 Å². The maximum atomic E-state index is 11.2. The lowest BCUT2D eigenvalue weighted by molar-refractivity contribution is -0.118. The number of nitrogens with two attached hydrogens (primary N) is 1. The van der Waals surface area contributed by atoms with Crippen LogP contribution in [0.4, 0.5) is 0 Å². The third kappa shape index (κ3) is 6.81. The van der Waals surface area contributed by atoms with Gasteiger partial charge in [-0.15, -0.1) is 0 Å². The van der Waals surface area contributed by atoms with E-state index >= 15 is 0 Å². The SMILES string of the molecule is CNC(=O)CS(=O)(=O)CCOCCN. The molecular weight excluding hydrogens is 208 g/mol. The summed E-state index contributed by atoms with van der Waals surface area (Å²) in [4.78, 5) is 10.8. The molecule has 0 spiro atoms. The standard InChI is InChI=1S/C7H16N2O4S/c1-9-7(10)6-14(11,12)5-4-13-3-2-8/h2-6,8H2,1H3,(H,9,10). The molecular formula is C7H16N2O4S. The van der Waals surface area contributed by atoms with Crippen molar-refractivity contribution in [1.29, 1.82) is 0 Å². The Hall–Kier alpha value is -0.660. The van der Waals surface area contributed by atoms with E-state index in [-0.39, 0.29) is 12.4 Å². The smallest absolute Gasteiger partial charge is 0.234 e. The van der Waals surface area contributed by atoms with E-state index < -0.39 is 21.5 Å². The van der Waals surface area contributed by atoms with Gasteiger partial charge in [-0.1, -0.05) is 0 Å². The molecule has 3 N–H and O–H groups in total. The second-order valence-corrected chi connectivity index (χ2v) is 4.85. The van der Waals surface area contributed by atoms with Crippen molar-refractivity contribution in [2.24, 2.45) is 5.73 Å². The molecule has 0 fully saturated rings. The first-order valence-corrected chi connectivity index (χ1v) is 6.03. The van der Waals surface area contributed by atoms with Crippen molar-refractivity contribution in [2.75, 3.05) is 38.3 Å². The summed E-state index contributed by atoms with van der Waals surface area (Å²) in [5.41, 5.74) is 5.14. The van der Waals surface area contributed by atoms with E-state index in [0.29, 0.717) is 13.2 Å². The maximum absolute atomic E-state index is 11.2. The zero-order valence-electron chi connectivity index (χ0n) is 8.15. The van der Waals surface area contributed by atoms with Gasteiger partial charge < -0.3 is 15.8 Å². The number of rotatable bonds is 7. The Labute approximate surface area is 83.7 Å². The van der Waals surface area contributed by atoms with Crippen LogP contribution in [0.5, 0.6) is 0 Å². The third-order valence-electron chi connectivity index (χ3n) is 1.43. The summed E-state index contributed by atoms with van der Waals surface area (Å²) in [6.45, 7) is 0.765. The first-order valence-electron chi connectivity index (χ1n) is 4.20. The number of nitrogens with one attached hydrogen (secondary N) is 1. The van der Waals surface area contributed by atoms with Gasteiger partial charge in [0.25, 0.3) is 0 Å². The van der Waals surface area contributed by atoms with E-state index in [1.807, 2.05) is 0 Å². The van der Waals surface area contributed by atoms with Crippen molar-refractivity contribution in [3.05, 3.63) is 0 Å². The number of hydrogen-bond donors (Lipinski definition) is 2. The van der Waals surface area contributed by atoms with Gasteiger partial charge in [0.05, 0.1) is 19.0 Å². The van der Waals surface area contributed by atoms with Crippen molar-refractivity contribution in [2.45, 2.75) is 0 Å². The third-order valence-corrected chi connectivity index (χ3v) is 2.92. The fourth-order valence-electron chi connectivity index (χ4n) is 0.715. The van der Waals surface area contributed by atoms with Crippen molar-refractivity contribution in [3.8, 4) is 0 Å². The molecule has 84 valence electrons. The largest absolute Gasteiger partial charge is 0.379 e. The molecule has 0 aromatic carbocycles. The molecule has 0 radical (unpaired) electrons. The van der Waals surface area contributed by atoms with Crippen molar-refractivity contribution in [1.82, 2.24) is 5.32 Å². The quantitative estimate of drug-likeness (QED) is 0.493. The Bertz CT molecular complexity index is 263. The van der Waals surface area contributed by atoms with Crippen LogP contribution in [-0.4, -0.2) is 52.6 Å². The molecule has 6 nitrogen and oxygen atoms in total. The molecule has 0 aliphatic carbocycles. The Morgan fingerprint density at radius 2 is 2.07 bits per heavy atom. The summed E-state index contributed by atoms with van der Waals surface area (Å²) in [7, 11) is -1.96. The van der Waals surface area contributed by atoms with Crippen LogP contribution in [0.2, 0.25) is 0 Å². The Morgan fingerprint density at radius 1 is 1.43 bits per heavy atom. The highest BCUT2D eigenvalue weighted by Gasteiger charge is 2.14. The van der Waals surface area contributed by atoms with E-state index in [9.17, 15) is 13.2 Å². The zero-order chi connectivity index (χ0) is 11.0. The fourth-order valence-corrected chi connectivity index (χ4v) is 1.78. The average Bonchev–Trinajstić information content (AvgIpc) is 2.12. The number of sulfone groups is 1. The summed E-state index contributed by atoms with van der Waals surface area (Å²) in [6, 6.07) is 0. The molecule has 0 atom stereocenters. The predicted octanol–water partition coefficient (Wildman–Crippen LogP) is -1.88. The van der Waals surface area contributed by atoms with Gasteiger partial charge >= 0.3 is 0 Å². The summed E-state index contributed by atoms with van der Waals surface area (Å²) in [6.07, 6.45) is 0. The number of carbonyl (C=O) groups excluding carboxylic acids is 1. The molecule has 0 rings (SSSR count). The van der Waals surface area contributed by atoms with Crippen molar-refractivity contribution >= 4 is 15.7 Å². The van der Waals surface area contributed by atoms with Gasteiger partial charge in [0.15, 0.2) is 9.84 Å². The van der Waals surface area contributed by atoms with E-state index in [1.54, 1.807) is 0 Å². The molecule has 0 aromatic heterocycles. The van der Waals surface area contributed by atoms with Crippen LogP contribution in [0, 0.1) is 0 Å². The highest BCUT2D eigenvalue weighted by molar-refractivity contribution is 7.92. The topological polar surface area (TPSA) is 98.5 Å². The lowest BCUT2D eigenvalue weighted by atomic mass is 10.7. The van der Waals surface area contributed by atoms with E-state index in [4.69, 9.17) is 10.5 Å². The fraction of sp³-hybridized carbons (Fsp3) is 0.857. The number of amides is 1. The minimum atomic E-state index is -3.35. The molecule has 0 saturated heterocycles. The molecule has 0 aromatic rings. The molecule has 0 saturated carbocycles. The van der Waals surface area contributed by atoms with E-state index in [1.165, 1.54) is 7.05 Å². The highest BCUT2D eigenvalue weighted by Crippen LogP contribution is 1.90. The highest BCUT2D eigenvalue weighted by atomic mass is 32.2. The Morgan fingerprint density at radius 3 is 2.57 bits per heavy atom. The molecule has 0 aliphatic rings. The van der Waals surface area contributed by atoms with Gasteiger partial charge in [0, 0.05) is 13.6 Å². The lowest BCUT2D eigenvalue weighted by Gasteiger charge is -2.03. The van der Waals surface area contributed by atoms with Gasteiger partial charge in [-0.2, -0.15) is 0 Å². The molecule has 7 heteroatoms. The molecule has 0 aliphatic heterocycles. The van der Waals surface area contributed by atoms with Crippen LogP contribution in [0.1, 0.15) is 0 Å². The normalized spacial score (nSPS) is 11.3. The van der Waals surface area contributed by atoms with Crippen LogP contribution in [0.15, 0.2) is 0 Å². The zero-order valence-corrected chi connectivity index (χ0v) is 8.97. The van der Waals surface area contributed by atoms with Gasteiger partial charge in [-0.05, 0) is 0 Å². The summed E-state index contributed by atoms with van der Waals surface area (Å²) in [5, 5.41) is 2.24. The Balaban J connectivity index is 3.79. The molecule has 1 amide bonds. The van der Waals surface area contributed by atoms with Gasteiger partial charge in [0.1, 0.15) is 5.75 Å². The number of carbonyl (C=O) groups is 1. The summed E-state index contributed by atoms with van der Waals surface area (Å²) >= 11 is 0. The number of hydrogen-bond acceptors (Lipinski definition) is 5. The molecule has 14 heavy (non-hydrogen) atoms. The average molecular weight is 224 g/mol. The first kappa shape index (κ1) is 13.3. The molecule has 0 heterocycles. The van der Waals surface area contributed by atoms with Crippen LogP contribution < -0.4 is 11.1 Å². The van der Waals surface area contributed by atoms with E-state index in [2.05, 4.69) is 5.32 Å². The second-order valence-electron chi connectivity index (χ2n) is 2.67. The molecule has 0 bridgehead atoms. The monoisotopic (exact) mass is 224 g/mol. The van der Waals surface area contributed by atoms with Crippen LogP contribution in [0.25, 0.3) is 0 Å². The summed E-state index contributed by atoms with van der Waals surface area (Å²) < 4.78 is 27.3. The van der Waals surface area contributed by atoms with Crippen molar-refractivity contribution in [3.63, 3.8) is 0 Å². The predicted molar refractivity (Wildman–Crippen MR) is 52.6 cm³/mol. The van der Waals surface area contributed by atoms with Crippen LogP contribution in [-0.2, 0) is 19.4 Å². The van der Waals surface area contributed by atoms with Crippen LogP contribution in [0.3, 0.4) is 0 Å².